The van der Waals surface area contributed by atoms with Crippen LogP contribution in [0.3, 0.4) is 0 Å². The Kier molecular flexibility index (Phi) is 3.68. The molecule has 1 aliphatic rings. The zero-order valence-electron chi connectivity index (χ0n) is 9.31. The second-order valence-electron chi connectivity index (χ2n) is 3.64. The van der Waals surface area contributed by atoms with Crippen LogP contribution in [0.5, 0.6) is 0 Å². The van der Waals surface area contributed by atoms with Gasteiger partial charge in [-0.3, -0.25) is 0 Å². The average Bonchev–Trinajstić information content (AvgIpc) is 3.01. The molecule has 0 amide bonds. The second kappa shape index (κ2) is 4.59. The first-order valence-electron chi connectivity index (χ1n) is 5.53. The van der Waals surface area contributed by atoms with Gasteiger partial charge in [0.15, 0.2) is 0 Å². The normalized spacial score (nSPS) is 16.9. The standard InChI is InChI=1S/C11H13F.C2H6/c1-2-11(6-7-11)9-4-3-5-10(12)8-9;1-2/h3-5,8H,2,6-7H2,1H3;1-2H3. The lowest BCUT2D eigenvalue weighted by Crippen LogP contribution is -2.03. The summed E-state index contributed by atoms with van der Waals surface area (Å²) in [6.07, 6.45) is 3.59. The summed E-state index contributed by atoms with van der Waals surface area (Å²) in [5.74, 6) is -0.104. The van der Waals surface area contributed by atoms with Gasteiger partial charge in [-0.05, 0) is 42.4 Å². The third-order valence-electron chi connectivity index (χ3n) is 2.97. The Morgan fingerprint density at radius 3 is 2.36 bits per heavy atom. The van der Waals surface area contributed by atoms with E-state index in [2.05, 4.69) is 6.92 Å². The van der Waals surface area contributed by atoms with Crippen LogP contribution in [-0.4, -0.2) is 0 Å². The predicted octanol–water partition coefficient (Wildman–Crippen LogP) is 4.29. The second-order valence-corrected chi connectivity index (χ2v) is 3.64. The van der Waals surface area contributed by atoms with Gasteiger partial charge in [0.2, 0.25) is 0 Å². The molecule has 1 heteroatoms. The quantitative estimate of drug-likeness (QED) is 0.658. The van der Waals surface area contributed by atoms with E-state index in [4.69, 9.17) is 0 Å². The number of rotatable bonds is 2. The molecule has 1 fully saturated rings. The Bertz CT molecular complexity index is 287. The molecule has 0 spiro atoms. The van der Waals surface area contributed by atoms with E-state index < -0.39 is 0 Å². The van der Waals surface area contributed by atoms with Crippen molar-refractivity contribution in [2.75, 3.05) is 0 Å². The van der Waals surface area contributed by atoms with E-state index in [1.807, 2.05) is 19.9 Å². The highest BCUT2D eigenvalue weighted by atomic mass is 19.1. The van der Waals surface area contributed by atoms with E-state index in [0.717, 1.165) is 6.42 Å². The third-order valence-corrected chi connectivity index (χ3v) is 2.97. The Hall–Kier alpha value is -0.850. The molecule has 2 rings (SSSR count). The summed E-state index contributed by atoms with van der Waals surface area (Å²) in [5, 5.41) is 0. The molecule has 0 N–H and O–H groups in total. The van der Waals surface area contributed by atoms with Crippen LogP contribution in [0.1, 0.15) is 45.6 Å². The van der Waals surface area contributed by atoms with E-state index in [1.165, 1.54) is 24.5 Å². The molecule has 0 bridgehead atoms. The van der Waals surface area contributed by atoms with Gasteiger partial charge in [0, 0.05) is 0 Å². The summed E-state index contributed by atoms with van der Waals surface area (Å²) in [7, 11) is 0. The molecule has 1 saturated carbocycles. The Morgan fingerprint density at radius 1 is 1.29 bits per heavy atom. The summed E-state index contributed by atoms with van der Waals surface area (Å²) >= 11 is 0. The van der Waals surface area contributed by atoms with Gasteiger partial charge in [-0.15, -0.1) is 0 Å². The van der Waals surface area contributed by atoms with Gasteiger partial charge in [0.1, 0.15) is 5.82 Å². The molecular weight excluding hydrogens is 175 g/mol. The fraction of sp³-hybridized carbons (Fsp3) is 0.538. The molecule has 14 heavy (non-hydrogen) atoms. The topological polar surface area (TPSA) is 0 Å². The highest BCUT2D eigenvalue weighted by molar-refractivity contribution is 5.31. The van der Waals surface area contributed by atoms with Gasteiger partial charge in [-0.2, -0.15) is 0 Å². The van der Waals surface area contributed by atoms with Crippen LogP contribution in [0.4, 0.5) is 4.39 Å². The highest BCUT2D eigenvalue weighted by Crippen LogP contribution is 2.50. The van der Waals surface area contributed by atoms with E-state index in [-0.39, 0.29) is 5.82 Å². The lowest BCUT2D eigenvalue weighted by molar-refractivity contribution is 0.609. The number of hydrogen-bond acceptors (Lipinski definition) is 0. The van der Waals surface area contributed by atoms with Crippen LogP contribution in [-0.2, 0) is 5.41 Å². The maximum atomic E-state index is 12.9. The lowest BCUT2D eigenvalue weighted by atomic mass is 9.93. The molecule has 0 heterocycles. The first kappa shape index (κ1) is 11.2. The van der Waals surface area contributed by atoms with Gasteiger partial charge in [-0.1, -0.05) is 32.9 Å². The monoisotopic (exact) mass is 194 g/mol. The van der Waals surface area contributed by atoms with Crippen molar-refractivity contribution < 1.29 is 4.39 Å². The van der Waals surface area contributed by atoms with Gasteiger partial charge in [0.25, 0.3) is 0 Å². The van der Waals surface area contributed by atoms with Gasteiger partial charge < -0.3 is 0 Å². The predicted molar refractivity (Wildman–Crippen MR) is 59.0 cm³/mol. The Morgan fingerprint density at radius 2 is 1.93 bits per heavy atom. The van der Waals surface area contributed by atoms with Crippen molar-refractivity contribution in [1.82, 2.24) is 0 Å². The summed E-state index contributed by atoms with van der Waals surface area (Å²) in [6.45, 7) is 6.18. The smallest absolute Gasteiger partial charge is 0.123 e. The number of benzene rings is 1. The molecule has 1 aromatic rings. The summed E-state index contributed by atoms with van der Waals surface area (Å²) in [6, 6.07) is 7.03. The van der Waals surface area contributed by atoms with Crippen molar-refractivity contribution in [3.63, 3.8) is 0 Å². The summed E-state index contributed by atoms with van der Waals surface area (Å²) in [4.78, 5) is 0. The fourth-order valence-electron chi connectivity index (χ4n) is 1.82. The molecule has 78 valence electrons. The first-order valence-corrected chi connectivity index (χ1v) is 5.53. The molecule has 0 nitrogen and oxygen atoms in total. The zero-order chi connectivity index (χ0) is 10.6. The minimum absolute atomic E-state index is 0.104. The number of halogens is 1. The molecule has 0 saturated heterocycles. The van der Waals surface area contributed by atoms with E-state index in [9.17, 15) is 4.39 Å². The van der Waals surface area contributed by atoms with Crippen molar-refractivity contribution in [2.45, 2.75) is 45.4 Å². The van der Waals surface area contributed by atoms with Crippen molar-refractivity contribution >= 4 is 0 Å². The molecule has 0 atom stereocenters. The van der Waals surface area contributed by atoms with Crippen LogP contribution >= 0.6 is 0 Å². The van der Waals surface area contributed by atoms with Gasteiger partial charge in [0.05, 0.1) is 0 Å². The summed E-state index contributed by atoms with van der Waals surface area (Å²) < 4.78 is 12.9. The summed E-state index contributed by atoms with van der Waals surface area (Å²) in [5.41, 5.74) is 1.52. The molecule has 0 aliphatic heterocycles. The van der Waals surface area contributed by atoms with Gasteiger partial charge in [-0.25, -0.2) is 4.39 Å². The van der Waals surface area contributed by atoms with Crippen molar-refractivity contribution in [3.8, 4) is 0 Å². The van der Waals surface area contributed by atoms with Crippen LogP contribution in [0.15, 0.2) is 24.3 Å². The molecule has 1 aliphatic carbocycles. The molecule has 0 unspecified atom stereocenters. The third kappa shape index (κ3) is 2.14. The Labute approximate surface area is 86.2 Å². The van der Waals surface area contributed by atoms with E-state index >= 15 is 0 Å². The Balaban J connectivity index is 0.000000461. The minimum atomic E-state index is -0.104. The number of hydrogen-bond donors (Lipinski definition) is 0. The van der Waals surface area contributed by atoms with Crippen molar-refractivity contribution in [3.05, 3.63) is 35.6 Å². The largest absolute Gasteiger partial charge is 0.207 e. The fourth-order valence-corrected chi connectivity index (χ4v) is 1.82. The first-order chi connectivity index (χ1) is 6.77. The van der Waals surface area contributed by atoms with E-state index in [1.54, 1.807) is 12.1 Å². The van der Waals surface area contributed by atoms with E-state index in [0.29, 0.717) is 5.41 Å². The minimum Gasteiger partial charge on any atom is -0.207 e. The average molecular weight is 194 g/mol. The van der Waals surface area contributed by atoms with Crippen molar-refractivity contribution in [1.29, 1.82) is 0 Å². The molecule has 1 aromatic carbocycles. The van der Waals surface area contributed by atoms with Crippen LogP contribution in [0.2, 0.25) is 0 Å². The zero-order valence-corrected chi connectivity index (χ0v) is 9.31. The maximum Gasteiger partial charge on any atom is 0.123 e. The molecular formula is C13H19F. The van der Waals surface area contributed by atoms with Crippen LogP contribution < -0.4 is 0 Å². The van der Waals surface area contributed by atoms with Gasteiger partial charge >= 0.3 is 0 Å². The lowest BCUT2D eigenvalue weighted by Gasteiger charge is -2.11. The highest BCUT2D eigenvalue weighted by Gasteiger charge is 2.42. The van der Waals surface area contributed by atoms with Crippen LogP contribution in [0.25, 0.3) is 0 Å². The van der Waals surface area contributed by atoms with Crippen molar-refractivity contribution in [2.24, 2.45) is 0 Å². The van der Waals surface area contributed by atoms with Crippen LogP contribution in [0, 0.1) is 5.82 Å². The maximum absolute atomic E-state index is 12.9. The molecule has 0 aromatic heterocycles. The SMILES string of the molecule is CC.CCC1(c2cccc(F)c2)CC1. The molecule has 0 radical (unpaired) electrons.